The summed E-state index contributed by atoms with van der Waals surface area (Å²) < 4.78 is 50.0. The van der Waals surface area contributed by atoms with E-state index in [0.717, 1.165) is 15.4 Å². The second-order valence-corrected chi connectivity index (χ2v) is 9.21. The van der Waals surface area contributed by atoms with Gasteiger partial charge >= 0.3 is 5.76 Å². The predicted octanol–water partition coefficient (Wildman–Crippen LogP) is 3.53. The zero-order chi connectivity index (χ0) is 22.0. The van der Waals surface area contributed by atoms with Crippen molar-refractivity contribution >= 4 is 27.4 Å². The fourth-order valence-corrected chi connectivity index (χ4v) is 4.30. The van der Waals surface area contributed by atoms with E-state index in [9.17, 15) is 17.2 Å². The highest BCUT2D eigenvalue weighted by atomic mass is 35.5. The molecule has 0 aliphatic carbocycles. The van der Waals surface area contributed by atoms with E-state index in [1.807, 2.05) is 23.1 Å². The Kier molecular flexibility index (Phi) is 6.12. The van der Waals surface area contributed by atoms with E-state index < -0.39 is 15.8 Å². The Bertz CT molecular complexity index is 1160. The SMILES string of the molecule is O=S(=O)(C(F)F)N1CCN(c2cc(-c3ccc(Cl)cc3)nc(-c3cccnc3)n2)CC1. The van der Waals surface area contributed by atoms with Gasteiger partial charge in [-0.2, -0.15) is 13.1 Å². The standard InChI is InChI=1S/C20H18ClF2N5O2S/c21-16-5-3-14(4-6-16)17-12-18(26-19(25-17)15-2-1-7-24-13-15)27-8-10-28(11-9-27)31(29,30)20(22)23/h1-7,12-13,20H,8-11H2. The molecule has 0 radical (unpaired) electrons. The maximum absolute atomic E-state index is 12.8. The maximum Gasteiger partial charge on any atom is 0.350 e. The smallest absolute Gasteiger partial charge is 0.350 e. The molecule has 11 heteroatoms. The van der Waals surface area contributed by atoms with Gasteiger partial charge in [0.2, 0.25) is 0 Å². The van der Waals surface area contributed by atoms with Gasteiger partial charge in [-0.1, -0.05) is 23.7 Å². The minimum absolute atomic E-state index is 0.0464. The van der Waals surface area contributed by atoms with Gasteiger partial charge in [0.05, 0.1) is 5.69 Å². The van der Waals surface area contributed by atoms with E-state index in [0.29, 0.717) is 22.4 Å². The van der Waals surface area contributed by atoms with Crippen molar-refractivity contribution < 1.29 is 17.2 Å². The second kappa shape index (κ2) is 8.81. The Morgan fingerprint density at radius 1 is 0.968 bits per heavy atom. The highest BCUT2D eigenvalue weighted by Gasteiger charge is 2.34. The van der Waals surface area contributed by atoms with Crippen LogP contribution in [0.25, 0.3) is 22.6 Å². The first kappa shape index (κ1) is 21.5. The van der Waals surface area contributed by atoms with Crippen LogP contribution in [-0.4, -0.2) is 59.6 Å². The van der Waals surface area contributed by atoms with Crippen molar-refractivity contribution in [2.24, 2.45) is 0 Å². The van der Waals surface area contributed by atoms with Crippen LogP contribution in [-0.2, 0) is 10.0 Å². The van der Waals surface area contributed by atoms with E-state index in [1.54, 1.807) is 36.7 Å². The fraction of sp³-hybridized carbons (Fsp3) is 0.250. The number of hydrogen-bond acceptors (Lipinski definition) is 6. The maximum atomic E-state index is 12.8. The number of anilines is 1. The molecule has 162 valence electrons. The van der Waals surface area contributed by atoms with Gasteiger partial charge in [-0.3, -0.25) is 4.98 Å². The Morgan fingerprint density at radius 2 is 1.68 bits per heavy atom. The van der Waals surface area contributed by atoms with E-state index in [2.05, 4.69) is 15.0 Å². The molecule has 1 saturated heterocycles. The first-order valence-electron chi connectivity index (χ1n) is 9.42. The Labute approximate surface area is 183 Å². The Hall–Kier alpha value is -2.69. The van der Waals surface area contributed by atoms with E-state index in [-0.39, 0.29) is 26.2 Å². The lowest BCUT2D eigenvalue weighted by molar-refractivity contribution is 0.217. The topological polar surface area (TPSA) is 79.3 Å². The summed E-state index contributed by atoms with van der Waals surface area (Å²) in [5.74, 6) is -2.39. The third-order valence-electron chi connectivity index (χ3n) is 4.92. The summed E-state index contributed by atoms with van der Waals surface area (Å²) in [6.07, 6.45) is 3.30. The molecular weight excluding hydrogens is 448 g/mol. The molecule has 1 fully saturated rings. The molecule has 1 aliphatic rings. The number of piperazine rings is 1. The molecular formula is C20H18ClF2N5O2S. The zero-order valence-corrected chi connectivity index (χ0v) is 17.8. The predicted molar refractivity (Wildman–Crippen MR) is 114 cm³/mol. The molecule has 31 heavy (non-hydrogen) atoms. The average molecular weight is 466 g/mol. The minimum Gasteiger partial charge on any atom is -0.354 e. The normalized spacial score (nSPS) is 15.4. The summed E-state index contributed by atoms with van der Waals surface area (Å²) in [4.78, 5) is 15.2. The van der Waals surface area contributed by atoms with Crippen LogP contribution in [0.2, 0.25) is 5.02 Å². The monoisotopic (exact) mass is 465 g/mol. The largest absolute Gasteiger partial charge is 0.354 e. The number of alkyl halides is 2. The molecule has 3 heterocycles. The number of pyridine rings is 1. The van der Waals surface area contributed by atoms with Gasteiger partial charge in [-0.15, -0.1) is 0 Å². The summed E-state index contributed by atoms with van der Waals surface area (Å²) in [6, 6.07) is 12.6. The molecule has 0 N–H and O–H groups in total. The van der Waals surface area contributed by atoms with E-state index in [4.69, 9.17) is 11.6 Å². The lowest BCUT2D eigenvalue weighted by atomic mass is 10.1. The van der Waals surface area contributed by atoms with Crippen molar-refractivity contribution in [2.75, 3.05) is 31.1 Å². The molecule has 0 saturated carbocycles. The van der Waals surface area contributed by atoms with Crippen molar-refractivity contribution in [2.45, 2.75) is 5.76 Å². The summed E-state index contributed by atoms with van der Waals surface area (Å²) in [5, 5.41) is 0.599. The van der Waals surface area contributed by atoms with Crippen LogP contribution < -0.4 is 4.90 Å². The first-order valence-corrected chi connectivity index (χ1v) is 11.3. The average Bonchev–Trinajstić information content (AvgIpc) is 2.80. The van der Waals surface area contributed by atoms with Crippen molar-refractivity contribution in [1.82, 2.24) is 19.3 Å². The van der Waals surface area contributed by atoms with Crippen LogP contribution in [0.3, 0.4) is 0 Å². The van der Waals surface area contributed by atoms with Crippen molar-refractivity contribution in [3.63, 3.8) is 0 Å². The van der Waals surface area contributed by atoms with Crippen molar-refractivity contribution in [1.29, 1.82) is 0 Å². The van der Waals surface area contributed by atoms with Gasteiger partial charge in [0, 0.05) is 60.8 Å². The molecule has 0 bridgehead atoms. The molecule has 1 aromatic carbocycles. The summed E-state index contributed by atoms with van der Waals surface area (Å²) in [5.41, 5.74) is 2.21. The lowest BCUT2D eigenvalue weighted by Gasteiger charge is -2.34. The number of aromatic nitrogens is 3. The van der Waals surface area contributed by atoms with Crippen LogP contribution in [0.5, 0.6) is 0 Å². The highest BCUT2D eigenvalue weighted by Crippen LogP contribution is 2.28. The minimum atomic E-state index is -4.59. The molecule has 0 amide bonds. The number of sulfonamides is 1. The third-order valence-corrected chi connectivity index (χ3v) is 6.71. The summed E-state index contributed by atoms with van der Waals surface area (Å²) in [7, 11) is -4.59. The number of rotatable bonds is 5. The van der Waals surface area contributed by atoms with Gasteiger partial charge < -0.3 is 4.90 Å². The Balaban J connectivity index is 1.67. The highest BCUT2D eigenvalue weighted by molar-refractivity contribution is 7.89. The quantitative estimate of drug-likeness (QED) is 0.573. The van der Waals surface area contributed by atoms with Crippen LogP contribution in [0.1, 0.15) is 0 Å². The first-order chi connectivity index (χ1) is 14.8. The van der Waals surface area contributed by atoms with Gasteiger partial charge in [-0.25, -0.2) is 18.4 Å². The molecule has 0 spiro atoms. The van der Waals surface area contributed by atoms with E-state index >= 15 is 0 Å². The van der Waals surface area contributed by atoms with Crippen LogP contribution in [0, 0.1) is 0 Å². The number of halogens is 3. The number of hydrogen-bond donors (Lipinski definition) is 0. The molecule has 0 atom stereocenters. The van der Waals surface area contributed by atoms with Gasteiger partial charge in [0.15, 0.2) is 5.82 Å². The van der Waals surface area contributed by atoms with Crippen molar-refractivity contribution in [3.05, 3.63) is 59.9 Å². The fourth-order valence-electron chi connectivity index (χ4n) is 3.27. The number of nitrogens with zero attached hydrogens (tertiary/aromatic N) is 5. The summed E-state index contributed by atoms with van der Waals surface area (Å²) in [6.45, 7) is 0.370. The molecule has 4 rings (SSSR count). The molecule has 7 nitrogen and oxygen atoms in total. The van der Waals surface area contributed by atoms with Crippen LogP contribution in [0.4, 0.5) is 14.6 Å². The zero-order valence-electron chi connectivity index (χ0n) is 16.2. The number of benzene rings is 1. The second-order valence-electron chi connectivity index (χ2n) is 6.88. The third kappa shape index (κ3) is 4.65. The van der Waals surface area contributed by atoms with Crippen LogP contribution in [0.15, 0.2) is 54.9 Å². The Morgan fingerprint density at radius 3 is 2.29 bits per heavy atom. The van der Waals surface area contributed by atoms with Gasteiger partial charge in [0.1, 0.15) is 5.82 Å². The van der Waals surface area contributed by atoms with E-state index in [1.165, 1.54) is 0 Å². The molecule has 1 aliphatic heterocycles. The molecule has 2 aromatic heterocycles. The summed E-state index contributed by atoms with van der Waals surface area (Å²) >= 11 is 6.00. The lowest BCUT2D eigenvalue weighted by Crippen LogP contribution is -2.50. The van der Waals surface area contributed by atoms with Crippen molar-refractivity contribution in [3.8, 4) is 22.6 Å². The van der Waals surface area contributed by atoms with Gasteiger partial charge in [-0.05, 0) is 24.3 Å². The molecule has 3 aromatic rings. The van der Waals surface area contributed by atoms with Gasteiger partial charge in [0.25, 0.3) is 10.0 Å². The van der Waals surface area contributed by atoms with Crippen LogP contribution >= 0.6 is 11.6 Å². The molecule has 0 unspecified atom stereocenters.